The predicted molar refractivity (Wildman–Crippen MR) is 85.3 cm³/mol. The number of benzene rings is 2. The van der Waals surface area contributed by atoms with Crippen LogP contribution in [0.1, 0.15) is 27.7 Å². The van der Waals surface area contributed by atoms with Crippen LogP contribution in [0.3, 0.4) is 0 Å². The standard InChI is InChI=1S/C10H10N2O3S.2C2H6/c11-9-3-4-10(12)8-5-6(16(13,14)15)1-2-7(8)9;2*1-2/h1-5H,11-12H2,(H,13,14,15);2*1-2H3. The summed E-state index contributed by atoms with van der Waals surface area (Å²) in [7, 11) is -4.22. The summed E-state index contributed by atoms with van der Waals surface area (Å²) in [6.07, 6.45) is 0. The van der Waals surface area contributed by atoms with Crippen molar-refractivity contribution in [2.75, 3.05) is 11.5 Å². The maximum Gasteiger partial charge on any atom is 0.294 e. The Kier molecular flexibility index (Phi) is 7.02. The first-order chi connectivity index (χ1) is 9.39. The maximum absolute atomic E-state index is 11.0. The van der Waals surface area contributed by atoms with Gasteiger partial charge in [0.05, 0.1) is 4.90 Å². The van der Waals surface area contributed by atoms with E-state index >= 15 is 0 Å². The second-order valence-electron chi connectivity index (χ2n) is 3.43. The van der Waals surface area contributed by atoms with Crippen LogP contribution in [0.25, 0.3) is 10.8 Å². The molecule has 0 saturated carbocycles. The van der Waals surface area contributed by atoms with E-state index in [0.29, 0.717) is 22.1 Å². The third-order valence-electron chi connectivity index (χ3n) is 2.35. The van der Waals surface area contributed by atoms with Crippen molar-refractivity contribution in [1.82, 2.24) is 0 Å². The second-order valence-corrected chi connectivity index (χ2v) is 4.85. The third kappa shape index (κ3) is 4.11. The molecule has 0 radical (unpaired) electrons. The Morgan fingerprint density at radius 3 is 1.75 bits per heavy atom. The minimum atomic E-state index is -4.22. The van der Waals surface area contributed by atoms with E-state index in [2.05, 4.69) is 0 Å². The van der Waals surface area contributed by atoms with Crippen molar-refractivity contribution in [2.24, 2.45) is 0 Å². The average molecular weight is 298 g/mol. The number of hydrogen-bond acceptors (Lipinski definition) is 4. The van der Waals surface area contributed by atoms with Crippen molar-refractivity contribution in [3.8, 4) is 0 Å². The Morgan fingerprint density at radius 1 is 0.850 bits per heavy atom. The van der Waals surface area contributed by atoms with Crippen molar-refractivity contribution in [2.45, 2.75) is 32.6 Å². The molecule has 0 spiro atoms. The summed E-state index contributed by atoms with van der Waals surface area (Å²) in [4.78, 5) is -0.197. The van der Waals surface area contributed by atoms with Gasteiger partial charge in [-0.05, 0) is 24.3 Å². The first-order valence-corrected chi connectivity index (χ1v) is 7.89. The van der Waals surface area contributed by atoms with E-state index < -0.39 is 10.1 Å². The summed E-state index contributed by atoms with van der Waals surface area (Å²) in [5, 5.41) is 1.17. The minimum absolute atomic E-state index is 0.197. The monoisotopic (exact) mass is 298 g/mol. The first kappa shape index (κ1) is 18.2. The van der Waals surface area contributed by atoms with Gasteiger partial charge in [0.15, 0.2) is 0 Å². The Hall–Kier alpha value is -1.79. The summed E-state index contributed by atoms with van der Waals surface area (Å²) in [5.74, 6) is 0. The quantitative estimate of drug-likeness (QED) is 0.553. The van der Waals surface area contributed by atoms with E-state index in [-0.39, 0.29) is 4.90 Å². The first-order valence-electron chi connectivity index (χ1n) is 6.45. The predicted octanol–water partition coefficient (Wildman–Crippen LogP) is 3.30. The van der Waals surface area contributed by atoms with Gasteiger partial charge >= 0.3 is 0 Å². The van der Waals surface area contributed by atoms with Gasteiger partial charge in [-0.1, -0.05) is 33.8 Å². The number of anilines is 2. The van der Waals surface area contributed by atoms with Gasteiger partial charge in [-0.25, -0.2) is 0 Å². The number of nitrogen functional groups attached to an aromatic ring is 2. The molecule has 0 heterocycles. The van der Waals surface area contributed by atoms with E-state index in [1.807, 2.05) is 27.7 Å². The minimum Gasteiger partial charge on any atom is -0.398 e. The lowest BCUT2D eigenvalue weighted by Gasteiger charge is -2.06. The maximum atomic E-state index is 11.0. The van der Waals surface area contributed by atoms with Crippen molar-refractivity contribution < 1.29 is 13.0 Å². The Bertz CT molecular complexity index is 667. The number of rotatable bonds is 1. The molecule has 0 bridgehead atoms. The van der Waals surface area contributed by atoms with Gasteiger partial charge in [-0.15, -0.1) is 0 Å². The van der Waals surface area contributed by atoms with Crippen molar-refractivity contribution in [3.05, 3.63) is 30.3 Å². The molecule has 2 aromatic carbocycles. The molecule has 2 aromatic rings. The highest BCUT2D eigenvalue weighted by atomic mass is 32.2. The molecule has 5 nitrogen and oxygen atoms in total. The lowest BCUT2D eigenvalue weighted by Crippen LogP contribution is -1.99. The SMILES string of the molecule is CC.CC.Nc1ccc(N)c2cc(S(=O)(=O)O)ccc12. The molecule has 0 aliphatic rings. The molecule has 112 valence electrons. The van der Waals surface area contributed by atoms with Gasteiger partial charge in [0.2, 0.25) is 0 Å². The average Bonchev–Trinajstić information content (AvgIpc) is 2.46. The molecular formula is C14H22N2O3S. The van der Waals surface area contributed by atoms with Crippen LogP contribution in [0.2, 0.25) is 0 Å². The van der Waals surface area contributed by atoms with Crippen molar-refractivity contribution in [1.29, 1.82) is 0 Å². The summed E-state index contributed by atoms with van der Waals surface area (Å²) in [6, 6.07) is 7.34. The van der Waals surface area contributed by atoms with Crippen molar-refractivity contribution >= 4 is 32.3 Å². The fraction of sp³-hybridized carbons (Fsp3) is 0.286. The number of hydrogen-bond donors (Lipinski definition) is 3. The van der Waals surface area contributed by atoms with Gasteiger partial charge in [-0.3, -0.25) is 4.55 Å². The lowest BCUT2D eigenvalue weighted by atomic mass is 10.1. The zero-order valence-corrected chi connectivity index (χ0v) is 13.0. The molecule has 0 fully saturated rings. The normalized spacial score (nSPS) is 10.1. The van der Waals surface area contributed by atoms with E-state index in [1.54, 1.807) is 12.1 Å². The zero-order valence-electron chi connectivity index (χ0n) is 12.2. The van der Waals surface area contributed by atoms with Crippen molar-refractivity contribution in [3.63, 3.8) is 0 Å². The topological polar surface area (TPSA) is 106 Å². The van der Waals surface area contributed by atoms with Crippen LogP contribution in [-0.4, -0.2) is 13.0 Å². The van der Waals surface area contributed by atoms with Gasteiger partial charge in [-0.2, -0.15) is 8.42 Å². The second kappa shape index (κ2) is 7.72. The molecular weight excluding hydrogens is 276 g/mol. The molecule has 0 atom stereocenters. The molecule has 0 unspecified atom stereocenters. The largest absolute Gasteiger partial charge is 0.398 e. The molecule has 0 aliphatic carbocycles. The van der Waals surface area contributed by atoms with Crippen LogP contribution < -0.4 is 11.5 Å². The van der Waals surface area contributed by atoms with E-state index in [4.69, 9.17) is 16.0 Å². The van der Waals surface area contributed by atoms with Crippen LogP contribution >= 0.6 is 0 Å². The highest BCUT2D eigenvalue weighted by Gasteiger charge is 2.11. The summed E-state index contributed by atoms with van der Waals surface area (Å²) >= 11 is 0. The zero-order chi connectivity index (χ0) is 15.9. The van der Waals surface area contributed by atoms with Gasteiger partial charge in [0, 0.05) is 22.1 Å². The highest BCUT2D eigenvalue weighted by Crippen LogP contribution is 2.28. The molecule has 20 heavy (non-hydrogen) atoms. The smallest absolute Gasteiger partial charge is 0.294 e. The van der Waals surface area contributed by atoms with E-state index in [1.165, 1.54) is 18.2 Å². The Morgan fingerprint density at radius 2 is 1.30 bits per heavy atom. The van der Waals surface area contributed by atoms with Gasteiger partial charge in [0.1, 0.15) is 0 Å². The molecule has 6 heteroatoms. The van der Waals surface area contributed by atoms with Gasteiger partial charge in [0.25, 0.3) is 10.1 Å². The molecule has 0 saturated heterocycles. The third-order valence-corrected chi connectivity index (χ3v) is 3.20. The fourth-order valence-corrected chi connectivity index (χ4v) is 2.04. The van der Waals surface area contributed by atoms with Crippen LogP contribution in [0.4, 0.5) is 11.4 Å². The molecule has 0 amide bonds. The summed E-state index contributed by atoms with van der Waals surface area (Å²) in [6.45, 7) is 8.00. The number of fused-ring (bicyclic) bond motifs is 1. The van der Waals surface area contributed by atoms with Crippen LogP contribution in [-0.2, 0) is 10.1 Å². The van der Waals surface area contributed by atoms with Crippen LogP contribution in [0, 0.1) is 0 Å². The molecule has 0 aromatic heterocycles. The van der Waals surface area contributed by atoms with Gasteiger partial charge < -0.3 is 11.5 Å². The highest BCUT2D eigenvalue weighted by molar-refractivity contribution is 7.85. The van der Waals surface area contributed by atoms with Crippen LogP contribution in [0.15, 0.2) is 35.2 Å². The molecule has 5 N–H and O–H groups in total. The number of nitrogens with two attached hydrogens (primary N) is 2. The van der Waals surface area contributed by atoms with E-state index in [9.17, 15) is 8.42 Å². The fourth-order valence-electron chi connectivity index (χ4n) is 1.53. The lowest BCUT2D eigenvalue weighted by molar-refractivity contribution is 0.483. The Labute approximate surface area is 120 Å². The summed E-state index contributed by atoms with van der Waals surface area (Å²) < 4.78 is 30.8. The molecule has 0 aliphatic heterocycles. The Balaban J connectivity index is 0.000000829. The molecule has 2 rings (SSSR count). The van der Waals surface area contributed by atoms with E-state index in [0.717, 1.165) is 0 Å². The summed E-state index contributed by atoms with van der Waals surface area (Å²) in [5.41, 5.74) is 12.3. The van der Waals surface area contributed by atoms with Crippen LogP contribution in [0.5, 0.6) is 0 Å².